The largest absolute Gasteiger partial charge is 0.496 e. The molecule has 0 radical (unpaired) electrons. The van der Waals surface area contributed by atoms with Gasteiger partial charge in [-0.3, -0.25) is 0 Å². The second kappa shape index (κ2) is 7.81. The molecule has 0 unspecified atom stereocenters. The average Bonchev–Trinajstić information content (AvgIpc) is 2.68. The van der Waals surface area contributed by atoms with E-state index in [2.05, 4.69) is 0 Å². The highest BCUT2D eigenvalue weighted by molar-refractivity contribution is 8.62. The van der Waals surface area contributed by atoms with Crippen molar-refractivity contribution in [2.75, 3.05) is 14.2 Å². The predicted molar refractivity (Wildman–Crippen MR) is 105 cm³/mol. The van der Waals surface area contributed by atoms with Gasteiger partial charge < -0.3 is 14.0 Å². The second-order valence-corrected chi connectivity index (χ2v) is 10.1. The average molecular weight is 370 g/mol. The molecule has 128 valence electrons. The molecule has 3 aromatic rings. The smallest absolute Gasteiger partial charge is 0.206 e. The summed E-state index contributed by atoms with van der Waals surface area (Å²) >= 11 is 1.35. The van der Waals surface area contributed by atoms with Gasteiger partial charge in [-0.1, -0.05) is 53.8 Å². The maximum atomic E-state index is 14.3. The van der Waals surface area contributed by atoms with Crippen LogP contribution in [0.3, 0.4) is 0 Å². The minimum Gasteiger partial charge on any atom is -0.496 e. The molecule has 0 aliphatic rings. The molecule has 25 heavy (non-hydrogen) atoms. The summed E-state index contributed by atoms with van der Waals surface area (Å²) in [6.07, 6.45) is -3.09. The van der Waals surface area contributed by atoms with Crippen LogP contribution in [0.25, 0.3) is 0 Å². The van der Waals surface area contributed by atoms with Crippen LogP contribution in [0.4, 0.5) is 0 Å². The molecule has 0 N–H and O–H groups in total. The van der Waals surface area contributed by atoms with Gasteiger partial charge in [0.15, 0.2) is 0 Å². The maximum absolute atomic E-state index is 14.3. The van der Waals surface area contributed by atoms with Crippen LogP contribution in [-0.2, 0) is 4.57 Å². The molecule has 3 nitrogen and oxygen atoms in total. The predicted octanol–water partition coefficient (Wildman–Crippen LogP) is 4.73. The third kappa shape index (κ3) is 3.60. The zero-order valence-corrected chi connectivity index (χ0v) is 15.8. The Kier molecular flexibility index (Phi) is 5.52. The number of benzene rings is 3. The third-order valence-electron chi connectivity index (χ3n) is 3.78. The molecule has 0 aliphatic heterocycles. The van der Waals surface area contributed by atoms with Gasteiger partial charge in [-0.15, -0.1) is 0 Å². The van der Waals surface area contributed by atoms with Gasteiger partial charge in [-0.2, -0.15) is 0 Å². The van der Waals surface area contributed by atoms with Gasteiger partial charge >= 0.3 is 0 Å². The molecule has 0 saturated carbocycles. The number of para-hydroxylation sites is 2. The van der Waals surface area contributed by atoms with Crippen LogP contribution in [0.15, 0.2) is 83.8 Å². The van der Waals surface area contributed by atoms with E-state index in [1.807, 2.05) is 78.9 Å². The summed E-state index contributed by atoms with van der Waals surface area (Å²) in [4.78, 5) is 0.933. The Hall–Kier alpha value is -2.16. The lowest BCUT2D eigenvalue weighted by atomic mass is 10.3. The second-order valence-electron chi connectivity index (χ2n) is 5.30. The van der Waals surface area contributed by atoms with Gasteiger partial charge in [0, 0.05) is 4.90 Å². The summed E-state index contributed by atoms with van der Waals surface area (Å²) in [5.41, 5.74) is 0. The van der Waals surface area contributed by atoms with Crippen molar-refractivity contribution in [1.29, 1.82) is 0 Å². The number of ether oxygens (including phenoxy) is 2. The third-order valence-corrected chi connectivity index (χ3v) is 9.11. The van der Waals surface area contributed by atoms with Crippen LogP contribution in [-0.4, -0.2) is 14.2 Å². The van der Waals surface area contributed by atoms with Crippen LogP contribution in [0, 0.1) is 0 Å². The van der Waals surface area contributed by atoms with E-state index in [1.54, 1.807) is 14.2 Å². The number of hydrogen-bond donors (Lipinski definition) is 0. The molecule has 0 fully saturated rings. The number of methoxy groups -OCH3 is 2. The SMILES string of the molecule is COc1ccccc1P(=O)(Sc1ccccc1)c1ccccc1OC. The summed E-state index contributed by atoms with van der Waals surface area (Å²) in [7, 11) is 3.19. The molecule has 3 rings (SSSR count). The van der Waals surface area contributed by atoms with Crippen molar-refractivity contribution in [3.8, 4) is 11.5 Å². The fraction of sp³-hybridized carbons (Fsp3) is 0.100. The molecule has 0 amide bonds. The van der Waals surface area contributed by atoms with Crippen LogP contribution < -0.4 is 20.1 Å². The van der Waals surface area contributed by atoms with Crippen LogP contribution in [0.5, 0.6) is 11.5 Å². The van der Waals surface area contributed by atoms with E-state index < -0.39 is 6.34 Å². The first kappa shape index (κ1) is 17.7. The van der Waals surface area contributed by atoms with Crippen molar-refractivity contribution in [3.05, 3.63) is 78.9 Å². The first-order chi connectivity index (χ1) is 12.2. The Morgan fingerprint density at radius 3 is 1.60 bits per heavy atom. The van der Waals surface area contributed by atoms with Crippen LogP contribution in [0.2, 0.25) is 0 Å². The molecule has 0 aromatic heterocycles. The van der Waals surface area contributed by atoms with Gasteiger partial charge in [0.05, 0.1) is 24.8 Å². The van der Waals surface area contributed by atoms with Crippen molar-refractivity contribution >= 4 is 28.3 Å². The highest BCUT2D eigenvalue weighted by Crippen LogP contribution is 2.62. The van der Waals surface area contributed by atoms with Crippen molar-refractivity contribution in [2.24, 2.45) is 0 Å². The quantitative estimate of drug-likeness (QED) is 0.588. The lowest BCUT2D eigenvalue weighted by Gasteiger charge is -2.22. The lowest BCUT2D eigenvalue weighted by Crippen LogP contribution is -2.17. The fourth-order valence-electron chi connectivity index (χ4n) is 2.60. The summed E-state index contributed by atoms with van der Waals surface area (Å²) in [5.74, 6) is 1.22. The molecule has 0 saturated heterocycles. The Bertz CT molecular complexity index is 845. The Labute approximate surface area is 152 Å². The van der Waals surface area contributed by atoms with Crippen molar-refractivity contribution in [2.45, 2.75) is 4.90 Å². The Morgan fingerprint density at radius 1 is 0.680 bits per heavy atom. The Balaban J connectivity index is 2.23. The molecule has 3 aromatic carbocycles. The van der Waals surface area contributed by atoms with E-state index in [-0.39, 0.29) is 0 Å². The molecule has 0 heterocycles. The van der Waals surface area contributed by atoms with E-state index in [4.69, 9.17) is 9.47 Å². The number of rotatable bonds is 6. The van der Waals surface area contributed by atoms with Gasteiger partial charge in [-0.05, 0) is 36.4 Å². The molecular weight excluding hydrogens is 351 g/mol. The summed E-state index contributed by atoms with van der Waals surface area (Å²) in [5, 5.41) is 1.35. The van der Waals surface area contributed by atoms with E-state index in [1.165, 1.54) is 11.4 Å². The van der Waals surface area contributed by atoms with E-state index in [9.17, 15) is 4.57 Å². The summed E-state index contributed by atoms with van der Waals surface area (Å²) in [6, 6.07) is 24.7. The van der Waals surface area contributed by atoms with E-state index >= 15 is 0 Å². The van der Waals surface area contributed by atoms with Crippen LogP contribution >= 0.6 is 17.7 Å². The lowest BCUT2D eigenvalue weighted by molar-refractivity contribution is 0.417. The van der Waals surface area contributed by atoms with E-state index in [0.717, 1.165) is 4.90 Å². The van der Waals surface area contributed by atoms with Crippen LogP contribution in [0.1, 0.15) is 0 Å². The maximum Gasteiger partial charge on any atom is 0.206 e. The fourth-order valence-corrected chi connectivity index (χ4v) is 7.86. The molecule has 0 bridgehead atoms. The van der Waals surface area contributed by atoms with Gasteiger partial charge in [0.1, 0.15) is 11.5 Å². The first-order valence-electron chi connectivity index (χ1n) is 7.81. The normalized spacial score (nSPS) is 11.1. The topological polar surface area (TPSA) is 35.5 Å². The molecule has 0 aliphatic carbocycles. The molecule has 0 spiro atoms. The van der Waals surface area contributed by atoms with Crippen molar-refractivity contribution < 1.29 is 14.0 Å². The monoisotopic (exact) mass is 370 g/mol. The minimum absolute atomic E-state index is 0.611. The highest BCUT2D eigenvalue weighted by Gasteiger charge is 2.34. The standard InChI is InChI=1S/C20H19O3PS/c1-22-17-12-6-8-14-19(17)24(21,25-16-10-4-3-5-11-16)20-15-9-7-13-18(20)23-2/h3-15H,1-2H3. The van der Waals surface area contributed by atoms with Gasteiger partial charge in [0.2, 0.25) is 6.34 Å². The highest BCUT2D eigenvalue weighted by atomic mass is 32.7. The first-order valence-corrected chi connectivity index (χ1v) is 10.9. The van der Waals surface area contributed by atoms with Gasteiger partial charge in [-0.25, -0.2) is 0 Å². The van der Waals surface area contributed by atoms with E-state index in [0.29, 0.717) is 22.1 Å². The number of hydrogen-bond acceptors (Lipinski definition) is 4. The zero-order chi connectivity index (χ0) is 17.7. The van der Waals surface area contributed by atoms with Crippen molar-refractivity contribution in [3.63, 3.8) is 0 Å². The summed E-state index contributed by atoms with van der Waals surface area (Å²) in [6.45, 7) is 0. The van der Waals surface area contributed by atoms with Gasteiger partial charge in [0.25, 0.3) is 0 Å². The summed E-state index contributed by atoms with van der Waals surface area (Å²) < 4.78 is 25.3. The Morgan fingerprint density at radius 2 is 1.12 bits per heavy atom. The molecule has 0 atom stereocenters. The molecule has 5 heteroatoms. The van der Waals surface area contributed by atoms with Crippen molar-refractivity contribution in [1.82, 2.24) is 0 Å². The molecular formula is C20H19O3PS. The zero-order valence-electron chi connectivity index (χ0n) is 14.1. The minimum atomic E-state index is -3.09.